The van der Waals surface area contributed by atoms with Crippen LogP contribution in [0.5, 0.6) is 5.75 Å². The number of hydrogen-bond donors (Lipinski definition) is 1. The Hall–Kier alpha value is -2.00. The summed E-state index contributed by atoms with van der Waals surface area (Å²) < 4.78 is 5.37. The zero-order valence-corrected chi connectivity index (χ0v) is 13.1. The van der Waals surface area contributed by atoms with E-state index in [9.17, 15) is 5.11 Å². The first kappa shape index (κ1) is 15.4. The minimum Gasteiger partial charge on any atom is -0.495 e. The van der Waals surface area contributed by atoms with Crippen LogP contribution < -0.4 is 9.64 Å². The molecule has 1 N–H and O–H groups in total. The third-order valence-corrected chi connectivity index (χ3v) is 3.57. The quantitative estimate of drug-likeness (QED) is 0.913. The van der Waals surface area contributed by atoms with Gasteiger partial charge in [0.1, 0.15) is 5.75 Å². The zero-order valence-electron chi connectivity index (χ0n) is 13.1. The van der Waals surface area contributed by atoms with Crippen molar-refractivity contribution in [1.82, 2.24) is 0 Å². The number of para-hydroxylation sites is 2. The van der Waals surface area contributed by atoms with E-state index in [1.54, 1.807) is 7.11 Å². The number of methoxy groups -OCH3 is 1. The van der Waals surface area contributed by atoms with Crippen LogP contribution in [0.2, 0.25) is 0 Å². The van der Waals surface area contributed by atoms with Gasteiger partial charge in [0, 0.05) is 13.6 Å². The van der Waals surface area contributed by atoms with Gasteiger partial charge in [-0.1, -0.05) is 41.5 Å². The van der Waals surface area contributed by atoms with Gasteiger partial charge in [0.05, 0.1) is 18.9 Å². The maximum Gasteiger partial charge on any atom is 0.142 e. The molecule has 0 amide bonds. The van der Waals surface area contributed by atoms with E-state index in [2.05, 4.69) is 6.07 Å². The van der Waals surface area contributed by atoms with Crippen molar-refractivity contribution in [3.63, 3.8) is 0 Å². The van der Waals surface area contributed by atoms with Gasteiger partial charge in [-0.2, -0.15) is 0 Å². The molecule has 3 nitrogen and oxygen atoms in total. The van der Waals surface area contributed by atoms with E-state index >= 15 is 0 Å². The normalized spacial score (nSPS) is 12.0. The summed E-state index contributed by atoms with van der Waals surface area (Å²) in [5.74, 6) is 0.813. The molecule has 112 valence electrons. The van der Waals surface area contributed by atoms with Crippen molar-refractivity contribution < 1.29 is 9.84 Å². The van der Waals surface area contributed by atoms with Crippen molar-refractivity contribution in [2.24, 2.45) is 0 Å². The van der Waals surface area contributed by atoms with Crippen molar-refractivity contribution in [2.75, 3.05) is 25.6 Å². The van der Waals surface area contributed by atoms with E-state index in [1.165, 1.54) is 11.1 Å². The maximum atomic E-state index is 10.5. The fourth-order valence-corrected chi connectivity index (χ4v) is 2.61. The Morgan fingerprint density at radius 1 is 1.10 bits per heavy atom. The number of aliphatic hydroxyl groups is 1. The van der Waals surface area contributed by atoms with Crippen molar-refractivity contribution in [3.05, 3.63) is 59.2 Å². The van der Waals surface area contributed by atoms with Gasteiger partial charge in [0.2, 0.25) is 0 Å². The lowest BCUT2D eigenvalue weighted by Gasteiger charge is -2.25. The number of rotatable bonds is 5. The zero-order chi connectivity index (χ0) is 15.4. The average molecular weight is 285 g/mol. The van der Waals surface area contributed by atoms with Gasteiger partial charge in [-0.3, -0.25) is 0 Å². The minimum absolute atomic E-state index is 0.517. The highest BCUT2D eigenvalue weighted by molar-refractivity contribution is 5.58. The molecule has 0 saturated carbocycles. The molecule has 0 spiro atoms. The van der Waals surface area contributed by atoms with Gasteiger partial charge in [-0.15, -0.1) is 0 Å². The largest absolute Gasteiger partial charge is 0.495 e. The number of nitrogens with zero attached hydrogens (tertiary/aromatic N) is 1. The van der Waals surface area contributed by atoms with E-state index in [4.69, 9.17) is 4.74 Å². The molecule has 0 aliphatic heterocycles. The van der Waals surface area contributed by atoms with Crippen LogP contribution in [-0.4, -0.2) is 25.8 Å². The van der Waals surface area contributed by atoms with Crippen molar-refractivity contribution >= 4 is 5.69 Å². The van der Waals surface area contributed by atoms with Gasteiger partial charge in [-0.05, 0) is 31.5 Å². The van der Waals surface area contributed by atoms with Crippen LogP contribution in [0.3, 0.4) is 0 Å². The molecule has 0 aromatic heterocycles. The lowest BCUT2D eigenvalue weighted by Crippen LogP contribution is -2.24. The number of hydrogen-bond acceptors (Lipinski definition) is 3. The Bertz CT molecular complexity index is 590. The molecule has 0 saturated heterocycles. The second kappa shape index (κ2) is 6.64. The smallest absolute Gasteiger partial charge is 0.142 e. The van der Waals surface area contributed by atoms with Crippen LogP contribution in [-0.2, 0) is 0 Å². The molecular formula is C18H23NO2. The fourth-order valence-electron chi connectivity index (χ4n) is 2.61. The Balaban J connectivity index is 2.16. The number of anilines is 1. The molecule has 0 heterocycles. The summed E-state index contributed by atoms with van der Waals surface area (Å²) in [7, 11) is 3.62. The predicted molar refractivity (Wildman–Crippen MR) is 87.1 cm³/mol. The van der Waals surface area contributed by atoms with Crippen LogP contribution in [0, 0.1) is 13.8 Å². The summed E-state index contributed by atoms with van der Waals surface area (Å²) in [5.41, 5.74) is 4.27. The van der Waals surface area contributed by atoms with Crippen LogP contribution in [0.4, 0.5) is 5.69 Å². The third-order valence-electron chi connectivity index (χ3n) is 3.57. The van der Waals surface area contributed by atoms with Crippen molar-refractivity contribution in [3.8, 4) is 5.75 Å². The second-order valence-electron chi connectivity index (χ2n) is 5.49. The highest BCUT2D eigenvalue weighted by atomic mass is 16.5. The summed E-state index contributed by atoms with van der Waals surface area (Å²) in [6.07, 6.45) is -0.529. The predicted octanol–water partition coefficient (Wildman–Crippen LogP) is 3.48. The Kier molecular flexibility index (Phi) is 4.86. The minimum atomic E-state index is -0.529. The lowest BCUT2D eigenvalue weighted by molar-refractivity contribution is 0.184. The molecule has 1 unspecified atom stereocenters. The van der Waals surface area contributed by atoms with E-state index in [0.29, 0.717) is 6.54 Å². The molecule has 3 heteroatoms. The highest BCUT2D eigenvalue weighted by Gasteiger charge is 2.14. The van der Waals surface area contributed by atoms with Crippen LogP contribution >= 0.6 is 0 Å². The summed E-state index contributed by atoms with van der Waals surface area (Å²) in [4.78, 5) is 2.02. The molecule has 2 rings (SSSR count). The molecule has 0 aliphatic carbocycles. The van der Waals surface area contributed by atoms with E-state index in [0.717, 1.165) is 17.0 Å². The lowest BCUT2D eigenvalue weighted by atomic mass is 10.0. The number of aliphatic hydroxyl groups excluding tert-OH is 1. The van der Waals surface area contributed by atoms with Gasteiger partial charge >= 0.3 is 0 Å². The molecule has 21 heavy (non-hydrogen) atoms. The molecule has 0 radical (unpaired) electrons. The summed E-state index contributed by atoms with van der Waals surface area (Å²) in [6.45, 7) is 4.61. The Morgan fingerprint density at radius 2 is 1.71 bits per heavy atom. The fraction of sp³-hybridized carbons (Fsp3) is 0.333. The number of ether oxygens (including phenoxy) is 1. The molecule has 1 atom stereocenters. The van der Waals surface area contributed by atoms with Crippen LogP contribution in [0.1, 0.15) is 22.8 Å². The first-order valence-electron chi connectivity index (χ1n) is 7.11. The number of aryl methyl sites for hydroxylation is 2. The summed E-state index contributed by atoms with van der Waals surface area (Å²) in [6, 6.07) is 14.0. The summed E-state index contributed by atoms with van der Waals surface area (Å²) >= 11 is 0. The molecule has 0 bridgehead atoms. The molecule has 2 aromatic carbocycles. The van der Waals surface area contributed by atoms with Crippen molar-refractivity contribution in [2.45, 2.75) is 20.0 Å². The van der Waals surface area contributed by atoms with Gasteiger partial charge in [-0.25, -0.2) is 0 Å². The third kappa shape index (κ3) is 3.76. The molecule has 2 aromatic rings. The first-order chi connectivity index (χ1) is 10.0. The van der Waals surface area contributed by atoms with Gasteiger partial charge in [0.15, 0.2) is 0 Å². The first-order valence-corrected chi connectivity index (χ1v) is 7.11. The Morgan fingerprint density at radius 3 is 2.33 bits per heavy atom. The maximum absolute atomic E-state index is 10.5. The average Bonchev–Trinajstić information content (AvgIpc) is 2.46. The van der Waals surface area contributed by atoms with Crippen molar-refractivity contribution in [1.29, 1.82) is 0 Å². The van der Waals surface area contributed by atoms with E-state index in [-0.39, 0.29) is 0 Å². The van der Waals surface area contributed by atoms with E-state index < -0.39 is 6.10 Å². The standard InChI is InChI=1S/C18H23NO2/c1-13-9-14(2)11-15(10-13)17(20)12-19(3)16-7-5-6-8-18(16)21-4/h5-11,17,20H,12H2,1-4H3. The molecule has 0 fully saturated rings. The van der Waals surface area contributed by atoms with Crippen LogP contribution in [0.15, 0.2) is 42.5 Å². The molecule has 0 aliphatic rings. The van der Waals surface area contributed by atoms with Gasteiger partial charge in [0.25, 0.3) is 0 Å². The second-order valence-corrected chi connectivity index (χ2v) is 5.49. The highest BCUT2D eigenvalue weighted by Crippen LogP contribution is 2.28. The number of benzene rings is 2. The monoisotopic (exact) mass is 285 g/mol. The SMILES string of the molecule is COc1ccccc1N(C)CC(O)c1cc(C)cc(C)c1. The van der Waals surface area contributed by atoms with Gasteiger partial charge < -0.3 is 14.7 Å². The van der Waals surface area contributed by atoms with E-state index in [1.807, 2.05) is 62.2 Å². The summed E-state index contributed by atoms with van der Waals surface area (Å²) in [5, 5.41) is 10.5. The number of likely N-dealkylation sites (N-methyl/N-ethyl adjacent to an activating group) is 1. The topological polar surface area (TPSA) is 32.7 Å². The Labute approximate surface area is 126 Å². The molecular weight excluding hydrogens is 262 g/mol. The van der Waals surface area contributed by atoms with Crippen LogP contribution in [0.25, 0.3) is 0 Å².